The van der Waals surface area contributed by atoms with Crippen LogP contribution in [0.2, 0.25) is 0 Å². The number of carbonyl (C=O) groups is 1. The van der Waals surface area contributed by atoms with Gasteiger partial charge in [0.05, 0.1) is 6.54 Å². The lowest BCUT2D eigenvalue weighted by Gasteiger charge is -2.30. The zero-order valence-corrected chi connectivity index (χ0v) is 11.0. The van der Waals surface area contributed by atoms with Crippen LogP contribution in [0.15, 0.2) is 28.0 Å². The lowest BCUT2D eigenvalue weighted by molar-refractivity contribution is 0.210. The van der Waals surface area contributed by atoms with Crippen LogP contribution in [-0.2, 0) is 0 Å². The van der Waals surface area contributed by atoms with Crippen LogP contribution in [0.5, 0.6) is 0 Å². The SMILES string of the molecule is CC1=CC(C(=N)C2=C(N)CCN(C(N)=O)C2)CC=N1. The van der Waals surface area contributed by atoms with Crippen molar-refractivity contribution >= 4 is 18.0 Å². The Hall–Kier alpha value is -2.11. The van der Waals surface area contributed by atoms with Gasteiger partial charge in [0.1, 0.15) is 0 Å². The number of carbonyl (C=O) groups excluding carboxylic acids is 1. The molecule has 0 aromatic rings. The maximum Gasteiger partial charge on any atom is 0.315 e. The molecular weight excluding hydrogens is 242 g/mol. The molecule has 0 fully saturated rings. The molecule has 0 aliphatic carbocycles. The van der Waals surface area contributed by atoms with Gasteiger partial charge < -0.3 is 21.8 Å². The average Bonchev–Trinajstić information content (AvgIpc) is 2.38. The summed E-state index contributed by atoms with van der Waals surface area (Å²) in [6.07, 6.45) is 5.06. The normalized spacial score (nSPS) is 23.3. The third-order valence-electron chi connectivity index (χ3n) is 3.49. The molecule has 6 heteroatoms. The standard InChI is InChI=1S/C13H19N5O/c1-8-6-9(2-4-17-8)12(15)10-7-18(13(16)19)5-3-11(10)14/h4,6,9,15H,2-3,5,7,14H2,1H3,(H2,16,19). The molecule has 2 heterocycles. The van der Waals surface area contributed by atoms with E-state index < -0.39 is 6.03 Å². The molecule has 1 atom stereocenters. The van der Waals surface area contributed by atoms with Crippen molar-refractivity contribution in [2.24, 2.45) is 22.4 Å². The van der Waals surface area contributed by atoms with Gasteiger partial charge in [-0.25, -0.2) is 4.79 Å². The molecule has 0 saturated heterocycles. The van der Waals surface area contributed by atoms with E-state index in [0.29, 0.717) is 37.3 Å². The Morgan fingerprint density at radius 2 is 2.32 bits per heavy atom. The highest BCUT2D eigenvalue weighted by atomic mass is 16.2. The number of rotatable bonds is 2. The minimum absolute atomic E-state index is 0.0149. The average molecular weight is 261 g/mol. The van der Waals surface area contributed by atoms with Gasteiger partial charge >= 0.3 is 6.03 Å². The molecule has 0 aromatic carbocycles. The molecular formula is C13H19N5O. The van der Waals surface area contributed by atoms with Crippen molar-refractivity contribution in [2.45, 2.75) is 19.8 Å². The summed E-state index contributed by atoms with van der Waals surface area (Å²) in [7, 11) is 0. The fraction of sp³-hybridized carbons (Fsp3) is 0.462. The predicted octanol–water partition coefficient (Wildman–Crippen LogP) is 0.998. The van der Waals surface area contributed by atoms with Crippen molar-refractivity contribution in [2.75, 3.05) is 13.1 Å². The van der Waals surface area contributed by atoms with E-state index in [2.05, 4.69) is 4.99 Å². The fourth-order valence-electron chi connectivity index (χ4n) is 2.36. The number of nitrogens with zero attached hydrogens (tertiary/aromatic N) is 2. The molecule has 0 bridgehead atoms. The topological polar surface area (TPSA) is 109 Å². The van der Waals surface area contributed by atoms with E-state index in [1.54, 1.807) is 0 Å². The van der Waals surface area contributed by atoms with Gasteiger partial charge in [-0.2, -0.15) is 0 Å². The first-order valence-electron chi connectivity index (χ1n) is 6.30. The van der Waals surface area contributed by atoms with Crippen LogP contribution in [0.4, 0.5) is 4.79 Å². The Morgan fingerprint density at radius 1 is 1.58 bits per heavy atom. The Labute approximate surface area is 112 Å². The first kappa shape index (κ1) is 13.3. The summed E-state index contributed by atoms with van der Waals surface area (Å²) in [4.78, 5) is 16.9. The highest BCUT2D eigenvalue weighted by molar-refractivity contribution is 6.03. The Morgan fingerprint density at radius 3 is 2.95 bits per heavy atom. The second kappa shape index (κ2) is 5.26. The first-order chi connectivity index (χ1) is 8.99. The number of urea groups is 1. The smallest absolute Gasteiger partial charge is 0.315 e. The second-order valence-electron chi connectivity index (χ2n) is 4.89. The van der Waals surface area contributed by atoms with Gasteiger partial charge in [0.15, 0.2) is 0 Å². The highest BCUT2D eigenvalue weighted by Crippen LogP contribution is 2.23. The van der Waals surface area contributed by atoms with Gasteiger partial charge in [-0.3, -0.25) is 4.99 Å². The van der Waals surface area contributed by atoms with Crippen LogP contribution in [0.25, 0.3) is 0 Å². The van der Waals surface area contributed by atoms with Gasteiger partial charge in [-0.15, -0.1) is 0 Å². The van der Waals surface area contributed by atoms with Gasteiger partial charge in [0, 0.05) is 47.8 Å². The molecule has 5 N–H and O–H groups in total. The third kappa shape index (κ3) is 2.83. The van der Waals surface area contributed by atoms with Crippen molar-refractivity contribution in [1.82, 2.24) is 4.90 Å². The lowest BCUT2D eigenvalue weighted by Crippen LogP contribution is -2.43. The summed E-state index contributed by atoms with van der Waals surface area (Å²) in [6, 6.07) is -0.463. The number of hydrogen-bond donors (Lipinski definition) is 3. The van der Waals surface area contributed by atoms with E-state index in [0.717, 1.165) is 11.3 Å². The van der Waals surface area contributed by atoms with Crippen molar-refractivity contribution in [3.05, 3.63) is 23.0 Å². The van der Waals surface area contributed by atoms with E-state index >= 15 is 0 Å². The number of primary amides is 1. The van der Waals surface area contributed by atoms with E-state index in [-0.39, 0.29) is 5.92 Å². The Kier molecular flexibility index (Phi) is 3.69. The summed E-state index contributed by atoms with van der Waals surface area (Å²) >= 11 is 0. The van der Waals surface area contributed by atoms with Gasteiger partial charge in [0.25, 0.3) is 0 Å². The summed E-state index contributed by atoms with van der Waals surface area (Å²) in [5, 5.41) is 8.31. The molecule has 6 nitrogen and oxygen atoms in total. The quantitative estimate of drug-likeness (QED) is 0.644. The monoisotopic (exact) mass is 261 g/mol. The van der Waals surface area contributed by atoms with Gasteiger partial charge in [-0.1, -0.05) is 6.08 Å². The van der Waals surface area contributed by atoms with Crippen LogP contribution in [0.1, 0.15) is 19.8 Å². The number of nitrogens with one attached hydrogen (secondary N) is 1. The van der Waals surface area contributed by atoms with E-state index in [9.17, 15) is 4.79 Å². The number of allylic oxidation sites excluding steroid dienone is 2. The maximum absolute atomic E-state index is 11.2. The van der Waals surface area contributed by atoms with Crippen LogP contribution < -0.4 is 11.5 Å². The summed E-state index contributed by atoms with van der Waals surface area (Å²) in [5.41, 5.74) is 14.1. The van der Waals surface area contributed by atoms with E-state index in [1.807, 2.05) is 19.2 Å². The number of aliphatic imine (C=N–C) groups is 1. The number of amides is 2. The Bertz CT molecular complexity index is 503. The molecule has 102 valence electrons. The maximum atomic E-state index is 11.2. The fourth-order valence-corrected chi connectivity index (χ4v) is 2.36. The predicted molar refractivity (Wildman–Crippen MR) is 75.1 cm³/mol. The van der Waals surface area contributed by atoms with E-state index in [1.165, 1.54) is 4.90 Å². The number of nitrogens with two attached hydrogens (primary N) is 2. The molecule has 0 aromatic heterocycles. The van der Waals surface area contributed by atoms with Crippen molar-refractivity contribution in [1.29, 1.82) is 5.41 Å². The minimum atomic E-state index is -0.463. The van der Waals surface area contributed by atoms with Crippen molar-refractivity contribution in [3.8, 4) is 0 Å². The molecule has 0 spiro atoms. The summed E-state index contributed by atoms with van der Waals surface area (Å²) < 4.78 is 0. The van der Waals surface area contributed by atoms with Crippen molar-refractivity contribution < 1.29 is 4.79 Å². The first-order valence-corrected chi connectivity index (χ1v) is 6.30. The van der Waals surface area contributed by atoms with Crippen LogP contribution >= 0.6 is 0 Å². The Balaban J connectivity index is 2.18. The van der Waals surface area contributed by atoms with Crippen LogP contribution in [0, 0.1) is 11.3 Å². The van der Waals surface area contributed by atoms with Gasteiger partial charge in [0.2, 0.25) is 0 Å². The molecule has 0 radical (unpaired) electrons. The summed E-state index contributed by atoms with van der Waals surface area (Å²) in [6.45, 7) is 2.77. The molecule has 1 unspecified atom stereocenters. The second-order valence-corrected chi connectivity index (χ2v) is 4.89. The van der Waals surface area contributed by atoms with Crippen LogP contribution in [-0.4, -0.2) is 35.9 Å². The molecule has 0 saturated carbocycles. The molecule has 2 aliphatic heterocycles. The molecule has 2 rings (SSSR count). The summed E-state index contributed by atoms with van der Waals surface area (Å²) in [5.74, 6) is -0.0149. The van der Waals surface area contributed by atoms with Crippen molar-refractivity contribution in [3.63, 3.8) is 0 Å². The van der Waals surface area contributed by atoms with E-state index in [4.69, 9.17) is 16.9 Å². The van der Waals surface area contributed by atoms with Gasteiger partial charge in [-0.05, 0) is 13.3 Å². The third-order valence-corrected chi connectivity index (χ3v) is 3.49. The minimum Gasteiger partial charge on any atom is -0.402 e. The molecule has 2 amide bonds. The molecule has 19 heavy (non-hydrogen) atoms. The number of hydrogen-bond acceptors (Lipinski definition) is 4. The lowest BCUT2D eigenvalue weighted by atomic mass is 9.89. The molecule has 2 aliphatic rings. The zero-order chi connectivity index (χ0) is 14.0. The van der Waals surface area contributed by atoms with Crippen LogP contribution in [0.3, 0.4) is 0 Å². The largest absolute Gasteiger partial charge is 0.402 e. The highest BCUT2D eigenvalue weighted by Gasteiger charge is 2.26. The zero-order valence-electron chi connectivity index (χ0n) is 11.0.